The van der Waals surface area contributed by atoms with Gasteiger partial charge in [-0.05, 0) is 54.9 Å². The highest BCUT2D eigenvalue weighted by Crippen LogP contribution is 2.32. The van der Waals surface area contributed by atoms with E-state index in [-0.39, 0.29) is 5.91 Å². The minimum atomic E-state index is 0.244. The Balaban J connectivity index is 1.27. The first-order valence-corrected chi connectivity index (χ1v) is 9.48. The molecule has 0 aliphatic carbocycles. The number of piperidine rings is 1. The topological polar surface area (TPSA) is 62.2 Å². The van der Waals surface area contributed by atoms with Crippen molar-refractivity contribution in [2.75, 3.05) is 31.1 Å². The van der Waals surface area contributed by atoms with Crippen LogP contribution in [0.4, 0.5) is 5.95 Å². The molecule has 4 heterocycles. The third-order valence-electron chi connectivity index (χ3n) is 5.72. The number of rotatable bonds is 4. The second kappa shape index (κ2) is 7.81. The summed E-state index contributed by atoms with van der Waals surface area (Å²) in [6.07, 6.45) is 11.0. The van der Waals surface area contributed by atoms with Gasteiger partial charge in [0.25, 0.3) is 0 Å². The number of hydrogen-bond donors (Lipinski definition) is 0. The summed E-state index contributed by atoms with van der Waals surface area (Å²) in [5.74, 6) is 2.42. The van der Waals surface area contributed by atoms with Crippen molar-refractivity contribution >= 4 is 11.9 Å². The molecule has 136 valence electrons. The van der Waals surface area contributed by atoms with E-state index in [1.807, 2.05) is 18.2 Å². The number of nitrogens with zero attached hydrogens (tertiary/aromatic N) is 5. The van der Waals surface area contributed by atoms with Gasteiger partial charge in [-0.1, -0.05) is 0 Å². The van der Waals surface area contributed by atoms with Crippen LogP contribution in [0.5, 0.6) is 0 Å². The molecule has 2 saturated heterocycles. The van der Waals surface area contributed by atoms with E-state index in [1.54, 1.807) is 24.8 Å². The molecule has 4 rings (SSSR count). The smallest absolute Gasteiger partial charge is 0.227 e. The van der Waals surface area contributed by atoms with Crippen molar-refractivity contribution in [1.82, 2.24) is 19.9 Å². The van der Waals surface area contributed by atoms with Crippen LogP contribution in [0.25, 0.3) is 0 Å². The standard InChI is InChI=1S/C20H25N5O/c26-19(14-16-2-9-21-10-3-16)25-13-6-18(15-25)17-4-11-24(12-5-17)20-22-7-1-8-23-20/h1-3,7-10,17-18H,4-6,11-15H2/t18-/m0/s1. The number of carbonyl (C=O) groups excluding carboxylic acids is 1. The van der Waals surface area contributed by atoms with Crippen LogP contribution in [0.2, 0.25) is 0 Å². The molecular formula is C20H25N5O. The average Bonchev–Trinajstić information content (AvgIpc) is 3.20. The van der Waals surface area contributed by atoms with E-state index in [9.17, 15) is 4.79 Å². The summed E-state index contributed by atoms with van der Waals surface area (Å²) >= 11 is 0. The molecule has 0 radical (unpaired) electrons. The van der Waals surface area contributed by atoms with Gasteiger partial charge in [0, 0.05) is 51.0 Å². The fourth-order valence-electron chi connectivity index (χ4n) is 4.21. The highest BCUT2D eigenvalue weighted by Gasteiger charge is 2.33. The molecule has 1 atom stereocenters. The summed E-state index contributed by atoms with van der Waals surface area (Å²) < 4.78 is 0. The van der Waals surface area contributed by atoms with Crippen LogP contribution in [0.15, 0.2) is 43.0 Å². The van der Waals surface area contributed by atoms with Crippen molar-refractivity contribution in [3.63, 3.8) is 0 Å². The Morgan fingerprint density at radius 2 is 1.65 bits per heavy atom. The molecule has 2 aliphatic heterocycles. The Morgan fingerprint density at radius 1 is 0.962 bits per heavy atom. The summed E-state index contributed by atoms with van der Waals surface area (Å²) in [4.78, 5) is 29.6. The summed E-state index contributed by atoms with van der Waals surface area (Å²) in [5.41, 5.74) is 1.05. The monoisotopic (exact) mass is 351 g/mol. The minimum Gasteiger partial charge on any atom is -0.342 e. The predicted molar refractivity (Wildman–Crippen MR) is 99.6 cm³/mol. The minimum absolute atomic E-state index is 0.244. The van der Waals surface area contributed by atoms with Crippen molar-refractivity contribution in [3.05, 3.63) is 48.5 Å². The molecule has 6 heteroatoms. The van der Waals surface area contributed by atoms with E-state index < -0.39 is 0 Å². The van der Waals surface area contributed by atoms with E-state index >= 15 is 0 Å². The molecule has 6 nitrogen and oxygen atoms in total. The van der Waals surface area contributed by atoms with E-state index in [2.05, 4.69) is 24.8 Å². The lowest BCUT2D eigenvalue weighted by Crippen LogP contribution is -2.38. The van der Waals surface area contributed by atoms with E-state index in [1.165, 1.54) is 0 Å². The van der Waals surface area contributed by atoms with Crippen molar-refractivity contribution in [2.24, 2.45) is 11.8 Å². The van der Waals surface area contributed by atoms with Crippen LogP contribution in [-0.4, -0.2) is 51.9 Å². The zero-order chi connectivity index (χ0) is 17.8. The van der Waals surface area contributed by atoms with Crippen LogP contribution in [0.1, 0.15) is 24.8 Å². The maximum atomic E-state index is 12.6. The van der Waals surface area contributed by atoms with Gasteiger partial charge in [-0.2, -0.15) is 0 Å². The van der Waals surface area contributed by atoms with Crippen LogP contribution < -0.4 is 4.90 Å². The fraction of sp³-hybridized carbons (Fsp3) is 0.500. The second-order valence-electron chi connectivity index (χ2n) is 7.29. The van der Waals surface area contributed by atoms with Gasteiger partial charge in [0.2, 0.25) is 11.9 Å². The largest absolute Gasteiger partial charge is 0.342 e. The number of hydrogen-bond acceptors (Lipinski definition) is 5. The van der Waals surface area contributed by atoms with E-state index in [4.69, 9.17) is 0 Å². The lowest BCUT2D eigenvalue weighted by Gasteiger charge is -2.34. The van der Waals surface area contributed by atoms with Gasteiger partial charge >= 0.3 is 0 Å². The first-order chi connectivity index (χ1) is 12.8. The lowest BCUT2D eigenvalue weighted by atomic mass is 9.84. The van der Waals surface area contributed by atoms with Crippen LogP contribution in [-0.2, 0) is 11.2 Å². The van der Waals surface area contributed by atoms with Crippen molar-refractivity contribution in [2.45, 2.75) is 25.7 Å². The Bertz CT molecular complexity index is 715. The molecule has 2 fully saturated rings. The molecular weight excluding hydrogens is 326 g/mol. The molecule has 0 aromatic carbocycles. The molecule has 0 unspecified atom stereocenters. The Hall–Kier alpha value is -2.50. The molecule has 1 amide bonds. The molecule has 0 bridgehead atoms. The van der Waals surface area contributed by atoms with Gasteiger partial charge in [0.05, 0.1) is 6.42 Å². The first-order valence-electron chi connectivity index (χ1n) is 9.48. The quantitative estimate of drug-likeness (QED) is 0.845. The highest BCUT2D eigenvalue weighted by molar-refractivity contribution is 5.79. The second-order valence-corrected chi connectivity index (χ2v) is 7.29. The van der Waals surface area contributed by atoms with Gasteiger partial charge in [-0.25, -0.2) is 9.97 Å². The average molecular weight is 351 g/mol. The molecule has 0 N–H and O–H groups in total. The normalized spacial score (nSPS) is 21.2. The number of anilines is 1. The summed E-state index contributed by atoms with van der Waals surface area (Å²) in [6, 6.07) is 5.70. The van der Waals surface area contributed by atoms with Crippen LogP contribution in [0, 0.1) is 11.8 Å². The molecule has 2 aromatic heterocycles. The Morgan fingerprint density at radius 3 is 2.38 bits per heavy atom. The van der Waals surface area contributed by atoms with Gasteiger partial charge in [0.15, 0.2) is 0 Å². The summed E-state index contributed by atoms with van der Waals surface area (Å²) in [6.45, 7) is 3.83. The number of pyridine rings is 1. The zero-order valence-electron chi connectivity index (χ0n) is 15.0. The number of likely N-dealkylation sites (tertiary alicyclic amines) is 1. The van der Waals surface area contributed by atoms with Crippen LogP contribution >= 0.6 is 0 Å². The van der Waals surface area contributed by atoms with Gasteiger partial charge in [0.1, 0.15) is 0 Å². The van der Waals surface area contributed by atoms with E-state index in [0.29, 0.717) is 18.3 Å². The zero-order valence-corrected chi connectivity index (χ0v) is 15.0. The van der Waals surface area contributed by atoms with Crippen molar-refractivity contribution in [1.29, 1.82) is 0 Å². The van der Waals surface area contributed by atoms with Crippen molar-refractivity contribution in [3.8, 4) is 0 Å². The molecule has 26 heavy (non-hydrogen) atoms. The molecule has 2 aromatic rings. The van der Waals surface area contributed by atoms with Crippen molar-refractivity contribution < 1.29 is 4.79 Å². The predicted octanol–water partition coefficient (Wildman–Crippen LogP) is 2.18. The maximum absolute atomic E-state index is 12.6. The molecule has 0 spiro atoms. The SMILES string of the molecule is O=C(Cc1ccncc1)N1CC[C@H](C2CCN(c3ncccn3)CC2)C1. The van der Waals surface area contributed by atoms with Gasteiger partial charge in [-0.15, -0.1) is 0 Å². The third kappa shape index (κ3) is 3.84. The van der Waals surface area contributed by atoms with Gasteiger partial charge < -0.3 is 9.80 Å². The molecule has 0 saturated carbocycles. The maximum Gasteiger partial charge on any atom is 0.227 e. The molecule has 2 aliphatic rings. The first kappa shape index (κ1) is 16.9. The van der Waals surface area contributed by atoms with E-state index in [0.717, 1.165) is 57.0 Å². The third-order valence-corrected chi connectivity index (χ3v) is 5.72. The fourth-order valence-corrected chi connectivity index (χ4v) is 4.21. The lowest BCUT2D eigenvalue weighted by molar-refractivity contribution is -0.129. The summed E-state index contributed by atoms with van der Waals surface area (Å²) in [5, 5.41) is 0. The van der Waals surface area contributed by atoms with Gasteiger partial charge in [-0.3, -0.25) is 9.78 Å². The number of amides is 1. The van der Waals surface area contributed by atoms with Crippen LogP contribution in [0.3, 0.4) is 0 Å². The highest BCUT2D eigenvalue weighted by atomic mass is 16.2. The Kier molecular flexibility index (Phi) is 5.09. The number of carbonyl (C=O) groups is 1. The number of aromatic nitrogens is 3. The summed E-state index contributed by atoms with van der Waals surface area (Å²) in [7, 11) is 0. The Labute approximate surface area is 154 Å².